The van der Waals surface area contributed by atoms with Crippen LogP contribution in [-0.4, -0.2) is 36.4 Å². The average molecular weight is 407 g/mol. The molecule has 1 saturated heterocycles. The predicted molar refractivity (Wildman–Crippen MR) is 106 cm³/mol. The Morgan fingerprint density at radius 2 is 1.93 bits per heavy atom. The quantitative estimate of drug-likeness (QED) is 0.806. The van der Waals surface area contributed by atoms with Gasteiger partial charge in [0, 0.05) is 29.9 Å². The van der Waals surface area contributed by atoms with Crippen LogP contribution in [-0.2, 0) is 9.59 Å². The number of carbonyl (C=O) groups is 2. The number of ether oxygens (including phenoxy) is 1. The van der Waals surface area contributed by atoms with Gasteiger partial charge in [0.15, 0.2) is 6.61 Å². The number of rotatable bonds is 5. The Morgan fingerprint density at radius 3 is 2.70 bits per heavy atom. The van der Waals surface area contributed by atoms with Crippen LogP contribution in [0.3, 0.4) is 0 Å². The zero-order valence-electron chi connectivity index (χ0n) is 14.7. The number of piperidine rings is 1. The smallest absolute Gasteiger partial charge is 0.260 e. The van der Waals surface area contributed by atoms with E-state index in [1.165, 1.54) is 0 Å². The van der Waals surface area contributed by atoms with Gasteiger partial charge in [-0.3, -0.25) is 9.59 Å². The summed E-state index contributed by atoms with van der Waals surface area (Å²) in [5, 5.41) is 3.78. The van der Waals surface area contributed by atoms with Crippen LogP contribution < -0.4 is 10.1 Å². The summed E-state index contributed by atoms with van der Waals surface area (Å²) < 4.78 is 5.52. The van der Waals surface area contributed by atoms with E-state index < -0.39 is 0 Å². The van der Waals surface area contributed by atoms with E-state index in [0.717, 1.165) is 18.5 Å². The maximum absolute atomic E-state index is 12.5. The third-order valence-corrected chi connectivity index (χ3v) is 4.98. The molecule has 1 aliphatic rings. The van der Waals surface area contributed by atoms with Crippen LogP contribution in [0.2, 0.25) is 10.0 Å². The van der Waals surface area contributed by atoms with Crippen LogP contribution in [0.1, 0.15) is 12.8 Å². The van der Waals surface area contributed by atoms with E-state index >= 15 is 0 Å². The van der Waals surface area contributed by atoms with Crippen molar-refractivity contribution in [1.82, 2.24) is 4.90 Å². The molecule has 2 amide bonds. The molecule has 3 rings (SSSR count). The second-order valence-corrected chi connectivity index (χ2v) is 7.24. The molecule has 2 aromatic carbocycles. The van der Waals surface area contributed by atoms with Crippen LogP contribution in [0.25, 0.3) is 0 Å². The topological polar surface area (TPSA) is 58.6 Å². The summed E-state index contributed by atoms with van der Waals surface area (Å²) in [5.41, 5.74) is 0.755. The maximum Gasteiger partial charge on any atom is 0.260 e. The molecule has 1 aliphatic heterocycles. The lowest BCUT2D eigenvalue weighted by molar-refractivity contribution is -0.136. The molecular formula is C20H20Cl2N2O3. The van der Waals surface area contributed by atoms with Crippen LogP contribution >= 0.6 is 23.2 Å². The summed E-state index contributed by atoms with van der Waals surface area (Å²) in [6.07, 6.45) is 1.53. The van der Waals surface area contributed by atoms with E-state index in [1.54, 1.807) is 23.1 Å². The van der Waals surface area contributed by atoms with Crippen molar-refractivity contribution in [3.63, 3.8) is 0 Å². The molecule has 142 valence electrons. The van der Waals surface area contributed by atoms with Gasteiger partial charge in [-0.2, -0.15) is 0 Å². The van der Waals surface area contributed by atoms with Gasteiger partial charge in [-0.15, -0.1) is 0 Å². The number of halogens is 2. The Morgan fingerprint density at radius 1 is 1.15 bits per heavy atom. The lowest BCUT2D eigenvalue weighted by Crippen LogP contribution is -2.45. The molecule has 2 aromatic rings. The highest BCUT2D eigenvalue weighted by molar-refractivity contribution is 6.34. The van der Waals surface area contributed by atoms with E-state index in [4.69, 9.17) is 27.9 Å². The Kier molecular flexibility index (Phi) is 6.58. The molecule has 0 bridgehead atoms. The van der Waals surface area contributed by atoms with Gasteiger partial charge >= 0.3 is 0 Å². The molecular weight excluding hydrogens is 387 g/mol. The zero-order chi connectivity index (χ0) is 19.2. The first-order valence-corrected chi connectivity index (χ1v) is 9.50. The van der Waals surface area contributed by atoms with Crippen molar-refractivity contribution < 1.29 is 14.3 Å². The van der Waals surface area contributed by atoms with Crippen molar-refractivity contribution in [3.8, 4) is 5.75 Å². The number of nitrogens with zero attached hydrogens (tertiary/aromatic N) is 1. The summed E-state index contributed by atoms with van der Waals surface area (Å²) in [7, 11) is 0. The Labute approximate surface area is 168 Å². The number of amides is 2. The van der Waals surface area contributed by atoms with Gasteiger partial charge in [-0.1, -0.05) is 41.4 Å². The fourth-order valence-electron chi connectivity index (χ4n) is 3.00. The van der Waals surface area contributed by atoms with Gasteiger partial charge in [0.05, 0.1) is 10.9 Å². The number of likely N-dealkylation sites (tertiary alicyclic amines) is 1. The molecule has 1 fully saturated rings. The second-order valence-electron chi connectivity index (χ2n) is 6.40. The van der Waals surface area contributed by atoms with E-state index in [-0.39, 0.29) is 24.3 Å². The zero-order valence-corrected chi connectivity index (χ0v) is 16.2. The fraction of sp³-hybridized carbons (Fsp3) is 0.300. The number of para-hydroxylation sites is 1. The number of carbonyl (C=O) groups excluding carboxylic acids is 2. The largest absolute Gasteiger partial charge is 0.482 e. The van der Waals surface area contributed by atoms with E-state index in [1.807, 2.05) is 30.3 Å². The van der Waals surface area contributed by atoms with Gasteiger partial charge < -0.3 is 15.0 Å². The standard InChI is InChI=1S/C20H20Cl2N2O3/c21-15-8-9-17(22)18(11-15)27-13-19(25)24-10-4-5-14(12-24)20(26)23-16-6-2-1-3-7-16/h1-3,6-9,11,14H,4-5,10,12-13H2,(H,23,26). The Balaban J connectivity index is 1.54. The Hall–Kier alpha value is -2.24. The predicted octanol–water partition coefficient (Wildman–Crippen LogP) is 4.25. The van der Waals surface area contributed by atoms with Gasteiger partial charge in [0.25, 0.3) is 5.91 Å². The van der Waals surface area contributed by atoms with Crippen LogP contribution in [0.15, 0.2) is 48.5 Å². The number of benzene rings is 2. The van der Waals surface area contributed by atoms with Gasteiger partial charge in [-0.05, 0) is 37.1 Å². The minimum absolute atomic E-state index is 0.0718. The lowest BCUT2D eigenvalue weighted by Gasteiger charge is -2.32. The summed E-state index contributed by atoms with van der Waals surface area (Å²) in [6.45, 7) is 0.845. The summed E-state index contributed by atoms with van der Waals surface area (Å²) in [6, 6.07) is 14.1. The van der Waals surface area contributed by atoms with Crippen molar-refractivity contribution in [2.24, 2.45) is 5.92 Å². The normalized spacial score (nSPS) is 16.7. The molecule has 0 aromatic heterocycles. The molecule has 1 atom stereocenters. The van der Waals surface area contributed by atoms with E-state index in [9.17, 15) is 9.59 Å². The molecule has 0 saturated carbocycles. The molecule has 5 nitrogen and oxygen atoms in total. The average Bonchev–Trinajstić information content (AvgIpc) is 2.69. The Bertz CT molecular complexity index is 814. The number of nitrogens with one attached hydrogen (secondary N) is 1. The van der Waals surface area contributed by atoms with Crippen LogP contribution in [0.4, 0.5) is 5.69 Å². The van der Waals surface area contributed by atoms with Crippen molar-refractivity contribution >= 4 is 40.7 Å². The van der Waals surface area contributed by atoms with Crippen molar-refractivity contribution in [3.05, 3.63) is 58.6 Å². The molecule has 1 N–H and O–H groups in total. The maximum atomic E-state index is 12.5. The third-order valence-electron chi connectivity index (χ3n) is 4.43. The van der Waals surface area contributed by atoms with Gasteiger partial charge in [0.2, 0.25) is 5.91 Å². The first-order valence-electron chi connectivity index (χ1n) is 8.74. The lowest BCUT2D eigenvalue weighted by atomic mass is 9.97. The van der Waals surface area contributed by atoms with Crippen molar-refractivity contribution in [1.29, 1.82) is 0 Å². The van der Waals surface area contributed by atoms with E-state index in [2.05, 4.69) is 5.32 Å². The van der Waals surface area contributed by atoms with Gasteiger partial charge in [0.1, 0.15) is 5.75 Å². The number of hydrogen-bond acceptors (Lipinski definition) is 3. The summed E-state index contributed by atoms with van der Waals surface area (Å²) >= 11 is 12.0. The highest BCUT2D eigenvalue weighted by Gasteiger charge is 2.28. The molecule has 0 aliphatic carbocycles. The second kappa shape index (κ2) is 9.11. The van der Waals surface area contributed by atoms with Crippen molar-refractivity contribution in [2.45, 2.75) is 12.8 Å². The highest BCUT2D eigenvalue weighted by Crippen LogP contribution is 2.28. The van der Waals surface area contributed by atoms with Crippen LogP contribution in [0.5, 0.6) is 5.75 Å². The summed E-state index contributed by atoms with van der Waals surface area (Å²) in [4.78, 5) is 26.6. The minimum atomic E-state index is -0.238. The molecule has 0 radical (unpaired) electrons. The number of hydrogen-bond donors (Lipinski definition) is 1. The monoisotopic (exact) mass is 406 g/mol. The van der Waals surface area contributed by atoms with Crippen LogP contribution in [0, 0.1) is 5.92 Å². The SMILES string of the molecule is O=C(Nc1ccccc1)C1CCCN(C(=O)COc2cc(Cl)ccc2Cl)C1. The molecule has 1 unspecified atom stereocenters. The highest BCUT2D eigenvalue weighted by atomic mass is 35.5. The molecule has 0 spiro atoms. The van der Waals surface area contributed by atoms with Crippen molar-refractivity contribution in [2.75, 3.05) is 25.0 Å². The first kappa shape index (κ1) is 19.5. The minimum Gasteiger partial charge on any atom is -0.482 e. The van der Waals surface area contributed by atoms with E-state index in [0.29, 0.717) is 28.9 Å². The van der Waals surface area contributed by atoms with Gasteiger partial charge in [-0.25, -0.2) is 0 Å². The molecule has 27 heavy (non-hydrogen) atoms. The fourth-order valence-corrected chi connectivity index (χ4v) is 3.34. The first-order chi connectivity index (χ1) is 13.0. The molecule has 1 heterocycles. The summed E-state index contributed by atoms with van der Waals surface area (Å²) in [5.74, 6) is -0.119. The third kappa shape index (κ3) is 5.37. The number of anilines is 1. The molecule has 7 heteroatoms.